The summed E-state index contributed by atoms with van der Waals surface area (Å²) in [6.45, 7) is 4.62. The normalized spacial score (nSPS) is 15.8. The molecule has 2 aromatic heterocycles. The number of benzene rings is 2. The van der Waals surface area contributed by atoms with Gasteiger partial charge in [0.15, 0.2) is 0 Å². The van der Waals surface area contributed by atoms with Gasteiger partial charge in [-0.15, -0.1) is 0 Å². The number of aromatic nitrogens is 3. The number of hydrogen-bond donors (Lipinski definition) is 0. The van der Waals surface area contributed by atoms with Crippen LogP contribution in [0.2, 0.25) is 0 Å². The Labute approximate surface area is 184 Å². The molecule has 1 aliphatic rings. The van der Waals surface area contributed by atoms with E-state index in [1.807, 2.05) is 54.6 Å². The molecule has 1 fully saturated rings. The highest BCUT2D eigenvalue weighted by atomic mass is 16.5. The van der Waals surface area contributed by atoms with Gasteiger partial charge in [-0.3, -0.25) is 4.79 Å². The maximum atomic E-state index is 12.9. The molecule has 8 nitrogen and oxygen atoms in total. The molecular weight excluding hydrogens is 408 g/mol. The number of para-hydroxylation sites is 1. The summed E-state index contributed by atoms with van der Waals surface area (Å²) >= 11 is 0. The Kier molecular flexibility index (Phi) is 5.18. The van der Waals surface area contributed by atoms with E-state index in [-0.39, 0.29) is 12.0 Å². The Bertz CT molecular complexity index is 1230. The molecule has 4 aromatic rings. The van der Waals surface area contributed by atoms with Gasteiger partial charge in [-0.25, -0.2) is 0 Å². The van der Waals surface area contributed by atoms with Crippen molar-refractivity contribution in [1.82, 2.24) is 20.2 Å². The monoisotopic (exact) mass is 430 g/mol. The topological polar surface area (TPSA) is 94.5 Å². The van der Waals surface area contributed by atoms with Crippen molar-refractivity contribution in [2.75, 3.05) is 13.1 Å². The van der Waals surface area contributed by atoms with Crippen LogP contribution in [-0.2, 0) is 0 Å². The molecule has 1 unspecified atom stereocenters. The van der Waals surface area contributed by atoms with E-state index in [0.717, 1.165) is 17.5 Å². The molecule has 162 valence electrons. The second kappa shape index (κ2) is 8.30. The Morgan fingerprint density at radius 2 is 1.81 bits per heavy atom. The molecule has 3 heterocycles. The van der Waals surface area contributed by atoms with Crippen LogP contribution >= 0.6 is 0 Å². The fourth-order valence-electron chi connectivity index (χ4n) is 3.92. The first-order valence-corrected chi connectivity index (χ1v) is 10.5. The van der Waals surface area contributed by atoms with Gasteiger partial charge in [0.2, 0.25) is 5.82 Å². The Balaban J connectivity index is 1.32. The van der Waals surface area contributed by atoms with Crippen molar-refractivity contribution in [3.63, 3.8) is 0 Å². The number of hydrogen-bond acceptors (Lipinski definition) is 7. The quantitative estimate of drug-likeness (QED) is 0.466. The van der Waals surface area contributed by atoms with E-state index in [4.69, 9.17) is 13.8 Å². The van der Waals surface area contributed by atoms with Gasteiger partial charge in [0.1, 0.15) is 23.2 Å². The molecule has 1 amide bonds. The maximum absolute atomic E-state index is 12.9. The average molecular weight is 430 g/mol. The molecule has 0 aliphatic carbocycles. The maximum Gasteiger partial charge on any atom is 0.262 e. The summed E-state index contributed by atoms with van der Waals surface area (Å²) in [6, 6.07) is 17.2. The van der Waals surface area contributed by atoms with Gasteiger partial charge in [-0.05, 0) is 26.0 Å². The summed E-state index contributed by atoms with van der Waals surface area (Å²) in [6.07, 6.45) is 0.583. The third-order valence-corrected chi connectivity index (χ3v) is 5.55. The number of likely N-dealkylation sites (tertiary alicyclic amines) is 1. The van der Waals surface area contributed by atoms with E-state index in [1.165, 1.54) is 0 Å². The van der Waals surface area contributed by atoms with E-state index < -0.39 is 0 Å². The standard InChI is InChI=1S/C24H22N4O4/c1-15-21(16(2)31-26-15)24(29)28-13-12-18(14-28)30-20-11-7-6-10-19(20)23-25-22(27-32-23)17-8-4-3-5-9-17/h3-11,18H,12-14H2,1-2H3. The molecule has 0 bridgehead atoms. The zero-order valence-electron chi connectivity index (χ0n) is 17.8. The van der Waals surface area contributed by atoms with Crippen LogP contribution in [0, 0.1) is 13.8 Å². The fourth-order valence-corrected chi connectivity index (χ4v) is 3.92. The number of aryl methyl sites for hydroxylation is 2. The third kappa shape index (κ3) is 3.75. The zero-order chi connectivity index (χ0) is 22.1. The Morgan fingerprint density at radius 1 is 1.03 bits per heavy atom. The Hall–Kier alpha value is -3.94. The Morgan fingerprint density at radius 3 is 2.59 bits per heavy atom. The van der Waals surface area contributed by atoms with Gasteiger partial charge in [0, 0.05) is 18.5 Å². The third-order valence-electron chi connectivity index (χ3n) is 5.55. The molecule has 0 radical (unpaired) electrons. The number of ether oxygens (including phenoxy) is 1. The summed E-state index contributed by atoms with van der Waals surface area (Å²) in [5.41, 5.74) is 2.74. The van der Waals surface area contributed by atoms with Crippen molar-refractivity contribution in [2.24, 2.45) is 0 Å². The van der Waals surface area contributed by atoms with Crippen LogP contribution in [0.15, 0.2) is 63.6 Å². The summed E-state index contributed by atoms with van der Waals surface area (Å²) in [4.78, 5) is 19.2. The van der Waals surface area contributed by atoms with Crippen molar-refractivity contribution < 1.29 is 18.6 Å². The van der Waals surface area contributed by atoms with E-state index >= 15 is 0 Å². The molecule has 32 heavy (non-hydrogen) atoms. The van der Waals surface area contributed by atoms with Crippen molar-refractivity contribution in [2.45, 2.75) is 26.4 Å². The molecule has 1 atom stereocenters. The number of nitrogens with zero attached hydrogens (tertiary/aromatic N) is 4. The molecule has 5 rings (SSSR count). The van der Waals surface area contributed by atoms with Gasteiger partial charge in [0.05, 0.1) is 17.8 Å². The van der Waals surface area contributed by atoms with Crippen LogP contribution in [0.3, 0.4) is 0 Å². The highest BCUT2D eigenvalue weighted by Gasteiger charge is 2.32. The summed E-state index contributed by atoms with van der Waals surface area (Å²) in [5, 5.41) is 7.99. The van der Waals surface area contributed by atoms with Crippen LogP contribution in [-0.4, -0.2) is 45.3 Å². The van der Waals surface area contributed by atoms with Gasteiger partial charge >= 0.3 is 0 Å². The molecule has 0 saturated carbocycles. The lowest BCUT2D eigenvalue weighted by atomic mass is 10.2. The summed E-state index contributed by atoms with van der Waals surface area (Å²) in [7, 11) is 0. The van der Waals surface area contributed by atoms with Gasteiger partial charge in [-0.2, -0.15) is 4.98 Å². The minimum Gasteiger partial charge on any atom is -0.488 e. The molecule has 0 N–H and O–H groups in total. The highest BCUT2D eigenvalue weighted by molar-refractivity contribution is 5.96. The van der Waals surface area contributed by atoms with Crippen molar-refractivity contribution >= 4 is 5.91 Å². The number of carbonyl (C=O) groups excluding carboxylic acids is 1. The van der Waals surface area contributed by atoms with E-state index in [2.05, 4.69) is 15.3 Å². The van der Waals surface area contributed by atoms with Crippen LogP contribution in [0.5, 0.6) is 5.75 Å². The molecule has 0 spiro atoms. The van der Waals surface area contributed by atoms with E-state index in [1.54, 1.807) is 18.7 Å². The van der Waals surface area contributed by atoms with Crippen molar-refractivity contribution in [3.8, 4) is 28.6 Å². The van der Waals surface area contributed by atoms with Crippen LogP contribution in [0.4, 0.5) is 0 Å². The second-order valence-electron chi connectivity index (χ2n) is 7.76. The second-order valence-corrected chi connectivity index (χ2v) is 7.76. The van der Waals surface area contributed by atoms with E-state index in [0.29, 0.717) is 47.6 Å². The van der Waals surface area contributed by atoms with Crippen LogP contribution in [0.25, 0.3) is 22.8 Å². The summed E-state index contributed by atoms with van der Waals surface area (Å²) in [5.74, 6) is 2.01. The van der Waals surface area contributed by atoms with Crippen LogP contribution < -0.4 is 4.74 Å². The lowest BCUT2D eigenvalue weighted by molar-refractivity contribution is 0.0770. The predicted molar refractivity (Wildman–Crippen MR) is 116 cm³/mol. The first kappa shape index (κ1) is 20.0. The van der Waals surface area contributed by atoms with Crippen molar-refractivity contribution in [3.05, 3.63) is 71.6 Å². The lowest BCUT2D eigenvalue weighted by Crippen LogP contribution is -2.31. The average Bonchev–Trinajstić information content (AvgIpc) is 3.55. The highest BCUT2D eigenvalue weighted by Crippen LogP contribution is 2.32. The number of amides is 1. The van der Waals surface area contributed by atoms with Crippen molar-refractivity contribution in [1.29, 1.82) is 0 Å². The minimum absolute atomic E-state index is 0.0787. The minimum atomic E-state index is -0.142. The summed E-state index contributed by atoms with van der Waals surface area (Å²) < 4.78 is 16.9. The smallest absolute Gasteiger partial charge is 0.262 e. The van der Waals surface area contributed by atoms with Gasteiger partial charge in [0.25, 0.3) is 11.8 Å². The number of rotatable bonds is 5. The fraction of sp³-hybridized carbons (Fsp3) is 0.250. The first-order valence-electron chi connectivity index (χ1n) is 10.5. The first-order chi connectivity index (χ1) is 15.6. The molecule has 8 heteroatoms. The molecule has 1 saturated heterocycles. The lowest BCUT2D eigenvalue weighted by Gasteiger charge is -2.18. The SMILES string of the molecule is Cc1noc(C)c1C(=O)N1CCC(Oc2ccccc2-c2nc(-c3ccccc3)no2)C1. The predicted octanol–water partition coefficient (Wildman–Crippen LogP) is 4.30. The largest absolute Gasteiger partial charge is 0.488 e. The van der Waals surface area contributed by atoms with Gasteiger partial charge < -0.3 is 18.7 Å². The molecular formula is C24H22N4O4. The van der Waals surface area contributed by atoms with Gasteiger partial charge in [-0.1, -0.05) is 52.8 Å². The number of carbonyl (C=O) groups is 1. The van der Waals surface area contributed by atoms with Crippen LogP contribution in [0.1, 0.15) is 28.2 Å². The molecule has 1 aliphatic heterocycles. The van der Waals surface area contributed by atoms with E-state index in [9.17, 15) is 4.79 Å². The zero-order valence-corrected chi connectivity index (χ0v) is 17.8. The molecule has 2 aromatic carbocycles.